The molecule has 0 spiro atoms. The summed E-state index contributed by atoms with van der Waals surface area (Å²) >= 11 is 0. The van der Waals surface area contributed by atoms with Gasteiger partial charge < -0.3 is 20.5 Å². The summed E-state index contributed by atoms with van der Waals surface area (Å²) in [6, 6.07) is 23.5. The van der Waals surface area contributed by atoms with Crippen molar-refractivity contribution in [2.45, 2.75) is 32.2 Å². The first kappa shape index (κ1) is 33.1. The molecule has 0 aromatic heterocycles. The lowest BCUT2D eigenvalue weighted by atomic mass is 9.96. The van der Waals surface area contributed by atoms with Gasteiger partial charge >= 0.3 is 6.09 Å². The molecule has 2 amide bonds. The van der Waals surface area contributed by atoms with Gasteiger partial charge in [-0.05, 0) is 74.5 Å². The fourth-order valence-electron chi connectivity index (χ4n) is 6.09. The van der Waals surface area contributed by atoms with Gasteiger partial charge in [0.1, 0.15) is 12.4 Å². The summed E-state index contributed by atoms with van der Waals surface area (Å²) in [4.78, 5) is 40.4. The Labute approximate surface area is 271 Å². The van der Waals surface area contributed by atoms with Gasteiger partial charge in [-0.15, -0.1) is 0 Å². The van der Waals surface area contributed by atoms with Crippen molar-refractivity contribution in [2.75, 3.05) is 58.0 Å². The minimum atomic E-state index is -0.450. The second kappa shape index (κ2) is 16.4. The van der Waals surface area contributed by atoms with Gasteiger partial charge in [-0.3, -0.25) is 14.5 Å². The third-order valence-corrected chi connectivity index (χ3v) is 8.61. The molecule has 0 unspecified atom stereocenters. The van der Waals surface area contributed by atoms with Crippen LogP contribution in [0, 0.1) is 12.3 Å². The van der Waals surface area contributed by atoms with Crippen LogP contribution in [0.4, 0.5) is 10.5 Å². The summed E-state index contributed by atoms with van der Waals surface area (Å²) in [6.45, 7) is 4.27. The molecule has 2 heterocycles. The van der Waals surface area contributed by atoms with Gasteiger partial charge in [0.2, 0.25) is 5.91 Å². The number of ketones is 1. The Bertz CT molecular complexity index is 1470. The molecule has 2 aliphatic rings. The van der Waals surface area contributed by atoms with E-state index < -0.39 is 6.09 Å². The number of likely N-dealkylation sites (tertiary alicyclic amines) is 1. The summed E-state index contributed by atoms with van der Waals surface area (Å²) in [7, 11) is 1.56. The number of carbonyl (C=O) groups excluding carboxylic acids is 3. The summed E-state index contributed by atoms with van der Waals surface area (Å²) < 4.78 is 11.3. The Morgan fingerprint density at radius 3 is 2.37 bits per heavy atom. The topological polar surface area (TPSA) is 117 Å². The van der Waals surface area contributed by atoms with Gasteiger partial charge in [-0.2, -0.15) is 0 Å². The van der Waals surface area contributed by atoms with E-state index in [2.05, 4.69) is 16.6 Å². The highest BCUT2D eigenvalue weighted by Gasteiger charge is 2.28. The number of methoxy groups -OCH3 is 1. The standard InChI is InChI=1S/C36H44N5O5/c1-45-34-24-27(26-39-21-16-29(17-22-39)35(37)43)14-15-31(34)33(42)25-38-18-23-46-36(44)41(40-19-8-3-9-20-40)32-13-7-6-12-30(32)28-10-4-2-5-11-28/h2-7,10-15,24,29,38H,8-9,16-23,25-26H2,1H3,(H2,37,43). The first-order chi connectivity index (χ1) is 22.4. The van der Waals surface area contributed by atoms with Crippen LogP contribution < -0.4 is 20.8 Å². The largest absolute Gasteiger partial charge is 0.496 e. The van der Waals surface area contributed by atoms with E-state index in [4.69, 9.17) is 15.2 Å². The van der Waals surface area contributed by atoms with E-state index in [9.17, 15) is 14.4 Å². The molecule has 46 heavy (non-hydrogen) atoms. The fourth-order valence-corrected chi connectivity index (χ4v) is 6.09. The van der Waals surface area contributed by atoms with Crippen molar-refractivity contribution in [2.24, 2.45) is 11.7 Å². The molecule has 0 atom stereocenters. The van der Waals surface area contributed by atoms with Crippen LogP contribution in [0.1, 0.15) is 41.6 Å². The number of nitrogens with two attached hydrogens (primary N) is 1. The molecule has 2 saturated heterocycles. The molecular weight excluding hydrogens is 582 g/mol. The molecule has 3 N–H and O–H groups in total. The molecular formula is C36H44N5O5. The van der Waals surface area contributed by atoms with E-state index >= 15 is 0 Å². The van der Waals surface area contributed by atoms with Crippen LogP contribution in [0.2, 0.25) is 0 Å². The van der Waals surface area contributed by atoms with Crippen molar-refractivity contribution in [3.8, 4) is 16.9 Å². The van der Waals surface area contributed by atoms with E-state index in [-0.39, 0.29) is 30.8 Å². The van der Waals surface area contributed by atoms with Gasteiger partial charge in [0, 0.05) is 37.7 Å². The molecule has 10 heteroatoms. The number of hydrogen-bond acceptors (Lipinski definition) is 8. The van der Waals surface area contributed by atoms with Crippen molar-refractivity contribution in [3.05, 3.63) is 90.3 Å². The molecule has 10 nitrogen and oxygen atoms in total. The maximum absolute atomic E-state index is 13.6. The third-order valence-electron chi connectivity index (χ3n) is 8.61. The van der Waals surface area contributed by atoms with Crippen molar-refractivity contribution in [3.63, 3.8) is 0 Å². The maximum Gasteiger partial charge on any atom is 0.429 e. The Kier molecular flexibility index (Phi) is 11.8. The van der Waals surface area contributed by atoms with Crippen molar-refractivity contribution in [1.29, 1.82) is 0 Å². The highest BCUT2D eigenvalue weighted by molar-refractivity contribution is 6.00. The number of nitrogens with one attached hydrogen (secondary N) is 1. The van der Waals surface area contributed by atoms with E-state index in [0.717, 1.165) is 74.2 Å². The molecule has 0 saturated carbocycles. The number of rotatable bonds is 13. The predicted molar refractivity (Wildman–Crippen MR) is 178 cm³/mol. The Morgan fingerprint density at radius 1 is 0.935 bits per heavy atom. The fraction of sp³-hybridized carbons (Fsp3) is 0.389. The number of nitrogens with zero attached hydrogens (tertiary/aromatic N) is 3. The average Bonchev–Trinajstić information content (AvgIpc) is 3.09. The highest BCUT2D eigenvalue weighted by atomic mass is 16.6. The zero-order valence-electron chi connectivity index (χ0n) is 26.5. The van der Waals surface area contributed by atoms with Crippen LogP contribution in [-0.2, 0) is 16.1 Å². The minimum Gasteiger partial charge on any atom is -0.496 e. The molecule has 5 rings (SSSR count). The smallest absolute Gasteiger partial charge is 0.429 e. The van der Waals surface area contributed by atoms with Gasteiger partial charge in [0.05, 0.1) is 24.9 Å². The number of anilines is 1. The second-order valence-corrected chi connectivity index (χ2v) is 11.7. The minimum absolute atomic E-state index is 0.0504. The van der Waals surface area contributed by atoms with E-state index in [1.165, 1.54) is 0 Å². The van der Waals surface area contributed by atoms with Gasteiger partial charge in [0.25, 0.3) is 0 Å². The van der Waals surface area contributed by atoms with E-state index in [1.54, 1.807) is 18.2 Å². The summed E-state index contributed by atoms with van der Waals surface area (Å²) in [5.74, 6) is 0.138. The molecule has 2 fully saturated rings. The number of primary amides is 1. The van der Waals surface area contributed by atoms with Crippen LogP contribution in [0.15, 0.2) is 72.8 Å². The van der Waals surface area contributed by atoms with Crippen LogP contribution in [-0.4, -0.2) is 80.7 Å². The SMILES string of the molecule is COc1cc(CN2CCC(C(N)=O)CC2)ccc1C(=O)CNCCOC(=O)N(c1ccccc1-c1ccccc1)N1CC[CH]CC1. The Balaban J connectivity index is 1.14. The maximum atomic E-state index is 13.6. The molecule has 3 aromatic rings. The van der Waals surface area contributed by atoms with Crippen LogP contribution in [0.3, 0.4) is 0 Å². The van der Waals surface area contributed by atoms with Gasteiger partial charge in [0.15, 0.2) is 5.78 Å². The lowest BCUT2D eigenvalue weighted by Gasteiger charge is -2.37. The van der Waals surface area contributed by atoms with Crippen LogP contribution in [0.25, 0.3) is 11.1 Å². The van der Waals surface area contributed by atoms with Crippen LogP contribution in [0.5, 0.6) is 5.75 Å². The zero-order valence-corrected chi connectivity index (χ0v) is 26.5. The number of carbonyl (C=O) groups is 3. The van der Waals surface area contributed by atoms with Crippen molar-refractivity contribution >= 4 is 23.5 Å². The molecule has 0 bridgehead atoms. The molecule has 0 aliphatic carbocycles. The number of Topliss-reactive ketones (excluding diaryl/α,β-unsaturated/α-hetero) is 1. The van der Waals surface area contributed by atoms with Gasteiger partial charge in [-0.25, -0.2) is 14.8 Å². The third kappa shape index (κ3) is 8.51. The normalized spacial score (nSPS) is 16.1. The number of benzene rings is 3. The molecule has 2 aliphatic heterocycles. The van der Waals surface area contributed by atoms with Crippen molar-refractivity contribution in [1.82, 2.24) is 15.2 Å². The number of hydrazine groups is 1. The average molecular weight is 627 g/mol. The monoisotopic (exact) mass is 626 g/mol. The number of ether oxygens (including phenoxy) is 2. The van der Waals surface area contributed by atoms with Crippen LogP contribution >= 0.6 is 0 Å². The summed E-state index contributed by atoms with van der Waals surface area (Å²) in [5.41, 5.74) is 9.74. The number of amides is 2. The zero-order chi connectivity index (χ0) is 32.3. The summed E-state index contributed by atoms with van der Waals surface area (Å²) in [6.07, 6.45) is 5.10. The predicted octanol–water partition coefficient (Wildman–Crippen LogP) is 4.69. The second-order valence-electron chi connectivity index (χ2n) is 11.7. The van der Waals surface area contributed by atoms with Crippen molar-refractivity contribution < 1.29 is 23.9 Å². The Morgan fingerprint density at radius 2 is 1.65 bits per heavy atom. The molecule has 243 valence electrons. The number of para-hydroxylation sites is 1. The quantitative estimate of drug-likeness (QED) is 0.207. The lowest BCUT2D eigenvalue weighted by Crippen LogP contribution is -2.50. The highest BCUT2D eigenvalue weighted by Crippen LogP contribution is 2.33. The molecule has 1 radical (unpaired) electrons. The first-order valence-corrected chi connectivity index (χ1v) is 16.0. The first-order valence-electron chi connectivity index (χ1n) is 16.0. The van der Waals surface area contributed by atoms with E-state index in [0.29, 0.717) is 24.4 Å². The Hall–Kier alpha value is -4.25. The van der Waals surface area contributed by atoms with Gasteiger partial charge in [-0.1, -0.05) is 54.6 Å². The molecule has 3 aromatic carbocycles. The number of hydrogen-bond donors (Lipinski definition) is 2. The summed E-state index contributed by atoms with van der Waals surface area (Å²) in [5, 5.41) is 6.82. The lowest BCUT2D eigenvalue weighted by molar-refractivity contribution is -0.123. The number of piperidine rings is 2. The van der Waals surface area contributed by atoms with E-state index in [1.807, 2.05) is 71.7 Å².